The van der Waals surface area contributed by atoms with E-state index in [4.69, 9.17) is 11.6 Å². The maximum absolute atomic E-state index is 13.1. The minimum atomic E-state index is -0.360. The highest BCUT2D eigenvalue weighted by Gasteiger charge is 2.20. The van der Waals surface area contributed by atoms with Crippen LogP contribution >= 0.6 is 11.6 Å². The van der Waals surface area contributed by atoms with Crippen LogP contribution in [0.3, 0.4) is 0 Å². The van der Waals surface area contributed by atoms with Crippen LogP contribution in [0, 0.1) is 12.7 Å². The number of amides is 1. The molecule has 0 heterocycles. The lowest BCUT2D eigenvalue weighted by Gasteiger charge is -2.25. The molecule has 0 saturated carbocycles. The summed E-state index contributed by atoms with van der Waals surface area (Å²) in [6.45, 7) is 5.45. The molecular formula is C13H17ClFNO. The smallest absolute Gasteiger partial charge is 0.251 e. The third-order valence-corrected chi connectivity index (χ3v) is 2.78. The zero-order chi connectivity index (χ0) is 13.1. The molecule has 0 aromatic heterocycles. The van der Waals surface area contributed by atoms with Crippen molar-refractivity contribution in [3.8, 4) is 0 Å². The number of rotatable bonds is 4. The lowest BCUT2D eigenvalue weighted by molar-refractivity contribution is 0.0911. The molecule has 1 N–H and O–H groups in total. The summed E-state index contributed by atoms with van der Waals surface area (Å²) < 4.78 is 13.1. The van der Waals surface area contributed by atoms with Crippen molar-refractivity contribution >= 4 is 17.5 Å². The molecule has 0 aliphatic heterocycles. The van der Waals surface area contributed by atoms with Crippen LogP contribution in [0.2, 0.25) is 0 Å². The minimum absolute atomic E-state index is 0.205. The molecule has 94 valence electrons. The van der Waals surface area contributed by atoms with Crippen LogP contribution in [0.1, 0.15) is 36.2 Å². The Balaban J connectivity index is 2.80. The molecule has 0 unspecified atom stereocenters. The van der Waals surface area contributed by atoms with Crippen LogP contribution in [-0.2, 0) is 0 Å². The van der Waals surface area contributed by atoms with Gasteiger partial charge in [-0.1, -0.05) is 0 Å². The van der Waals surface area contributed by atoms with Crippen molar-refractivity contribution in [1.29, 1.82) is 0 Å². The molecule has 0 fully saturated rings. The molecule has 1 aromatic carbocycles. The number of benzene rings is 1. The summed E-state index contributed by atoms with van der Waals surface area (Å²) in [5, 5.41) is 2.87. The van der Waals surface area contributed by atoms with Gasteiger partial charge >= 0.3 is 0 Å². The second-order valence-corrected chi connectivity index (χ2v) is 5.12. The highest BCUT2D eigenvalue weighted by atomic mass is 35.5. The number of hydrogen-bond acceptors (Lipinski definition) is 1. The highest BCUT2D eigenvalue weighted by molar-refractivity contribution is 6.17. The fraction of sp³-hybridized carbons (Fsp3) is 0.462. The summed E-state index contributed by atoms with van der Waals surface area (Å²) in [4.78, 5) is 11.9. The summed E-state index contributed by atoms with van der Waals surface area (Å²) in [6.07, 6.45) is 0.681. The first-order valence-electron chi connectivity index (χ1n) is 5.50. The average molecular weight is 258 g/mol. The summed E-state index contributed by atoms with van der Waals surface area (Å²) in [5.74, 6) is -0.0276. The van der Waals surface area contributed by atoms with E-state index in [9.17, 15) is 9.18 Å². The maximum atomic E-state index is 13.1. The molecule has 0 aliphatic rings. The summed E-state index contributed by atoms with van der Waals surface area (Å²) >= 11 is 5.66. The van der Waals surface area contributed by atoms with Crippen molar-refractivity contribution in [3.05, 3.63) is 35.1 Å². The standard InChI is InChI=1S/C13H17ClFNO/c1-9-8-10(4-5-11(9)15)12(17)16-13(2,3)6-7-14/h4-5,8H,6-7H2,1-3H3,(H,16,17). The molecule has 0 radical (unpaired) electrons. The SMILES string of the molecule is Cc1cc(C(=O)NC(C)(C)CCCl)ccc1F. The number of nitrogens with one attached hydrogen (secondary N) is 1. The van der Waals surface area contributed by atoms with Crippen molar-refractivity contribution in [1.82, 2.24) is 5.32 Å². The third kappa shape index (κ3) is 4.00. The minimum Gasteiger partial charge on any atom is -0.347 e. The quantitative estimate of drug-likeness (QED) is 0.824. The number of halogens is 2. The van der Waals surface area contributed by atoms with Gasteiger partial charge in [0, 0.05) is 17.0 Å². The topological polar surface area (TPSA) is 29.1 Å². The largest absolute Gasteiger partial charge is 0.347 e. The van der Waals surface area contributed by atoms with Crippen LogP contribution in [0.4, 0.5) is 4.39 Å². The van der Waals surface area contributed by atoms with Gasteiger partial charge in [-0.25, -0.2) is 4.39 Å². The van der Waals surface area contributed by atoms with Crippen molar-refractivity contribution in [2.24, 2.45) is 0 Å². The Labute approximate surface area is 106 Å². The maximum Gasteiger partial charge on any atom is 0.251 e. The monoisotopic (exact) mass is 257 g/mol. The Morgan fingerprint density at radius 2 is 2.12 bits per heavy atom. The summed E-state index contributed by atoms with van der Waals surface area (Å²) in [7, 11) is 0. The molecule has 0 saturated heterocycles. The zero-order valence-electron chi connectivity index (χ0n) is 10.3. The van der Waals surface area contributed by atoms with E-state index in [1.54, 1.807) is 13.0 Å². The van der Waals surface area contributed by atoms with E-state index in [0.717, 1.165) is 0 Å². The van der Waals surface area contributed by atoms with Gasteiger partial charge in [0.25, 0.3) is 5.91 Å². The van der Waals surface area contributed by atoms with Crippen LogP contribution in [0.15, 0.2) is 18.2 Å². The number of carbonyl (C=O) groups excluding carboxylic acids is 1. The van der Waals surface area contributed by atoms with Gasteiger partial charge in [-0.15, -0.1) is 11.6 Å². The molecule has 4 heteroatoms. The fourth-order valence-electron chi connectivity index (χ4n) is 1.46. The van der Waals surface area contributed by atoms with E-state index in [2.05, 4.69) is 5.32 Å². The van der Waals surface area contributed by atoms with E-state index in [-0.39, 0.29) is 17.3 Å². The average Bonchev–Trinajstić information content (AvgIpc) is 2.21. The van der Waals surface area contributed by atoms with Crippen molar-refractivity contribution in [3.63, 3.8) is 0 Å². The summed E-state index contributed by atoms with van der Waals surface area (Å²) in [5.41, 5.74) is 0.570. The fourth-order valence-corrected chi connectivity index (χ4v) is 1.94. The van der Waals surface area contributed by atoms with Gasteiger partial charge in [0.2, 0.25) is 0 Å². The third-order valence-electron chi connectivity index (χ3n) is 2.59. The highest BCUT2D eigenvalue weighted by Crippen LogP contribution is 2.13. The van der Waals surface area contributed by atoms with Crippen LogP contribution < -0.4 is 5.32 Å². The number of hydrogen-bond donors (Lipinski definition) is 1. The van der Waals surface area contributed by atoms with E-state index in [0.29, 0.717) is 23.4 Å². The van der Waals surface area contributed by atoms with Crippen molar-refractivity contribution in [2.45, 2.75) is 32.7 Å². The van der Waals surface area contributed by atoms with Gasteiger partial charge < -0.3 is 5.32 Å². The van der Waals surface area contributed by atoms with E-state index in [1.807, 2.05) is 13.8 Å². The molecule has 0 spiro atoms. The second-order valence-electron chi connectivity index (χ2n) is 4.74. The number of carbonyl (C=O) groups is 1. The number of alkyl halides is 1. The van der Waals surface area contributed by atoms with E-state index < -0.39 is 0 Å². The number of aryl methyl sites for hydroxylation is 1. The van der Waals surface area contributed by atoms with Gasteiger partial charge in [-0.3, -0.25) is 4.79 Å². The molecule has 0 atom stereocenters. The van der Waals surface area contributed by atoms with E-state index in [1.165, 1.54) is 12.1 Å². The lowest BCUT2D eigenvalue weighted by atomic mass is 10.0. The Hall–Kier alpha value is -1.09. The summed E-state index contributed by atoms with van der Waals surface area (Å²) in [6, 6.07) is 4.33. The molecule has 1 aromatic rings. The Kier molecular flexibility index (Phi) is 4.52. The van der Waals surface area contributed by atoms with Crippen LogP contribution in [-0.4, -0.2) is 17.3 Å². The molecule has 2 nitrogen and oxygen atoms in total. The molecular weight excluding hydrogens is 241 g/mol. The molecule has 17 heavy (non-hydrogen) atoms. The Morgan fingerprint density at radius 1 is 1.47 bits per heavy atom. The second kappa shape index (κ2) is 5.50. The molecule has 1 amide bonds. The normalized spacial score (nSPS) is 11.4. The van der Waals surface area contributed by atoms with Gasteiger partial charge in [0.1, 0.15) is 5.82 Å². The predicted molar refractivity (Wildman–Crippen MR) is 68.0 cm³/mol. The first kappa shape index (κ1) is 14.0. The first-order valence-corrected chi connectivity index (χ1v) is 6.04. The van der Waals surface area contributed by atoms with Crippen molar-refractivity contribution in [2.75, 3.05) is 5.88 Å². The van der Waals surface area contributed by atoms with Gasteiger partial charge in [-0.2, -0.15) is 0 Å². The van der Waals surface area contributed by atoms with Crippen molar-refractivity contribution < 1.29 is 9.18 Å². The Bertz CT molecular complexity index is 418. The van der Waals surface area contributed by atoms with Crippen LogP contribution in [0.25, 0.3) is 0 Å². The Morgan fingerprint density at radius 3 is 2.65 bits per heavy atom. The zero-order valence-corrected chi connectivity index (χ0v) is 11.1. The van der Waals surface area contributed by atoms with Crippen LogP contribution in [0.5, 0.6) is 0 Å². The van der Waals surface area contributed by atoms with Gasteiger partial charge in [0.05, 0.1) is 0 Å². The predicted octanol–water partition coefficient (Wildman–Crippen LogP) is 3.27. The lowest BCUT2D eigenvalue weighted by Crippen LogP contribution is -2.43. The first-order chi connectivity index (χ1) is 7.85. The van der Waals surface area contributed by atoms with E-state index >= 15 is 0 Å². The molecule has 1 rings (SSSR count). The molecule has 0 aliphatic carbocycles. The van der Waals surface area contributed by atoms with Gasteiger partial charge in [-0.05, 0) is 51.0 Å². The van der Waals surface area contributed by atoms with Gasteiger partial charge in [0.15, 0.2) is 0 Å². The molecule has 0 bridgehead atoms.